The normalized spacial score (nSPS) is 13.4. The van der Waals surface area contributed by atoms with E-state index < -0.39 is 0 Å². The molecular formula is C17H23N7O. The average molecular weight is 341 g/mol. The minimum absolute atomic E-state index is 0.130. The molecule has 1 aliphatic rings. The molecule has 1 aliphatic heterocycles. The number of carbonyl (C=O) groups excluding carboxylic acids is 1. The maximum absolute atomic E-state index is 12.7. The molecule has 3 rings (SSSR count). The van der Waals surface area contributed by atoms with Crippen LogP contribution in [0.25, 0.3) is 0 Å². The molecule has 25 heavy (non-hydrogen) atoms. The quantitative estimate of drug-likeness (QED) is 0.794. The summed E-state index contributed by atoms with van der Waals surface area (Å²) in [7, 11) is 0. The van der Waals surface area contributed by atoms with Crippen LogP contribution in [0.5, 0.6) is 0 Å². The van der Waals surface area contributed by atoms with Crippen molar-refractivity contribution >= 4 is 17.7 Å². The summed E-state index contributed by atoms with van der Waals surface area (Å²) in [6.07, 6.45) is 5.90. The van der Waals surface area contributed by atoms with Gasteiger partial charge in [0.25, 0.3) is 5.91 Å². The fourth-order valence-corrected chi connectivity index (χ4v) is 2.80. The molecule has 2 aromatic rings. The number of rotatable bonds is 5. The molecule has 2 aromatic heterocycles. The van der Waals surface area contributed by atoms with Crippen molar-refractivity contribution in [3.8, 4) is 0 Å². The Balaban J connectivity index is 1.81. The number of aryl methyl sites for hydroxylation is 1. The molecule has 0 saturated carbocycles. The highest BCUT2D eigenvalue weighted by Crippen LogP contribution is 2.25. The maximum Gasteiger partial charge on any atom is 0.274 e. The molecule has 0 aromatic carbocycles. The van der Waals surface area contributed by atoms with E-state index in [0.29, 0.717) is 25.2 Å². The van der Waals surface area contributed by atoms with E-state index in [2.05, 4.69) is 32.2 Å². The summed E-state index contributed by atoms with van der Waals surface area (Å²) in [4.78, 5) is 31.5. The molecule has 0 spiro atoms. The highest BCUT2D eigenvalue weighted by molar-refractivity contribution is 5.92. The third-order valence-electron chi connectivity index (χ3n) is 4.19. The summed E-state index contributed by atoms with van der Waals surface area (Å²) in [5.41, 5.74) is 8.81. The Morgan fingerprint density at radius 1 is 1.32 bits per heavy atom. The van der Waals surface area contributed by atoms with Crippen LogP contribution in [-0.2, 0) is 13.0 Å². The van der Waals surface area contributed by atoms with Crippen molar-refractivity contribution in [2.75, 3.05) is 24.1 Å². The average Bonchev–Trinajstić information content (AvgIpc) is 2.61. The van der Waals surface area contributed by atoms with Crippen molar-refractivity contribution in [3.05, 3.63) is 35.0 Å². The van der Waals surface area contributed by atoms with Gasteiger partial charge in [-0.3, -0.25) is 9.78 Å². The second-order valence-electron chi connectivity index (χ2n) is 6.16. The number of anilines is 2. The molecule has 0 bridgehead atoms. The number of aromatic nitrogens is 4. The Morgan fingerprint density at radius 3 is 2.88 bits per heavy atom. The number of nitrogens with two attached hydrogens (primary N) is 1. The first-order valence-electron chi connectivity index (χ1n) is 8.55. The van der Waals surface area contributed by atoms with Gasteiger partial charge in [-0.2, -0.15) is 4.98 Å². The fraction of sp³-hybridized carbons (Fsp3) is 0.471. The van der Waals surface area contributed by atoms with Crippen LogP contribution in [0, 0.1) is 6.92 Å². The number of nitrogens with zero attached hydrogens (tertiary/aromatic N) is 5. The number of unbranched alkanes of at least 4 members (excludes halogenated alkanes) is 1. The Hall–Kier alpha value is -2.77. The number of carbonyl (C=O) groups is 1. The highest BCUT2D eigenvalue weighted by atomic mass is 16.2. The van der Waals surface area contributed by atoms with Gasteiger partial charge in [-0.1, -0.05) is 13.3 Å². The zero-order valence-electron chi connectivity index (χ0n) is 14.6. The second kappa shape index (κ2) is 7.42. The van der Waals surface area contributed by atoms with Crippen LogP contribution in [0.2, 0.25) is 0 Å². The van der Waals surface area contributed by atoms with E-state index in [0.717, 1.165) is 42.2 Å². The summed E-state index contributed by atoms with van der Waals surface area (Å²) in [6, 6.07) is 0. The van der Waals surface area contributed by atoms with E-state index >= 15 is 0 Å². The Kier molecular flexibility index (Phi) is 5.06. The van der Waals surface area contributed by atoms with Crippen molar-refractivity contribution in [2.45, 2.75) is 39.7 Å². The Labute approximate surface area is 146 Å². The van der Waals surface area contributed by atoms with Crippen molar-refractivity contribution < 1.29 is 4.79 Å². The third kappa shape index (κ3) is 3.84. The van der Waals surface area contributed by atoms with Gasteiger partial charge >= 0.3 is 0 Å². The topological polar surface area (TPSA) is 110 Å². The van der Waals surface area contributed by atoms with E-state index in [-0.39, 0.29) is 11.9 Å². The molecule has 0 aliphatic carbocycles. The first-order valence-corrected chi connectivity index (χ1v) is 8.55. The Bertz CT molecular complexity index is 760. The van der Waals surface area contributed by atoms with Crippen molar-refractivity contribution in [1.29, 1.82) is 0 Å². The molecule has 132 valence electrons. The molecule has 1 amide bonds. The van der Waals surface area contributed by atoms with Gasteiger partial charge in [0, 0.05) is 31.3 Å². The van der Waals surface area contributed by atoms with Crippen LogP contribution in [-0.4, -0.2) is 43.8 Å². The van der Waals surface area contributed by atoms with Crippen LogP contribution in [0.3, 0.4) is 0 Å². The number of nitrogens with one attached hydrogen (secondary N) is 1. The standard InChI is InChI=1S/C17H23N7O/c1-3-4-6-19-15-12-10-24(7-5-13(12)22-17(18)23-15)16(25)14-9-20-11(2)8-21-14/h8-9H,3-7,10H2,1-2H3,(H3,18,19,22,23). The van der Waals surface area contributed by atoms with Gasteiger partial charge in [-0.05, 0) is 13.3 Å². The molecule has 8 heteroatoms. The van der Waals surface area contributed by atoms with E-state index in [1.54, 1.807) is 11.1 Å². The predicted molar refractivity (Wildman–Crippen MR) is 95.1 cm³/mol. The number of fused-ring (bicyclic) bond motifs is 1. The fourth-order valence-electron chi connectivity index (χ4n) is 2.80. The summed E-state index contributed by atoms with van der Waals surface area (Å²) >= 11 is 0. The van der Waals surface area contributed by atoms with Crippen LogP contribution < -0.4 is 11.1 Å². The maximum atomic E-state index is 12.7. The largest absolute Gasteiger partial charge is 0.370 e. The van der Waals surface area contributed by atoms with E-state index in [1.807, 2.05) is 6.92 Å². The lowest BCUT2D eigenvalue weighted by atomic mass is 10.1. The van der Waals surface area contributed by atoms with E-state index in [4.69, 9.17) is 5.73 Å². The summed E-state index contributed by atoms with van der Waals surface area (Å²) in [5.74, 6) is 0.861. The van der Waals surface area contributed by atoms with Gasteiger partial charge in [0.05, 0.1) is 24.1 Å². The molecule has 0 fully saturated rings. The zero-order valence-corrected chi connectivity index (χ0v) is 14.6. The van der Waals surface area contributed by atoms with Crippen molar-refractivity contribution in [3.63, 3.8) is 0 Å². The molecule has 0 radical (unpaired) electrons. The van der Waals surface area contributed by atoms with Crippen molar-refractivity contribution in [1.82, 2.24) is 24.8 Å². The second-order valence-corrected chi connectivity index (χ2v) is 6.16. The lowest BCUT2D eigenvalue weighted by molar-refractivity contribution is 0.0727. The first-order chi connectivity index (χ1) is 12.1. The first kappa shape index (κ1) is 17.1. The van der Waals surface area contributed by atoms with Crippen molar-refractivity contribution in [2.24, 2.45) is 0 Å². The van der Waals surface area contributed by atoms with Gasteiger partial charge in [-0.15, -0.1) is 0 Å². The smallest absolute Gasteiger partial charge is 0.274 e. The minimum Gasteiger partial charge on any atom is -0.370 e. The molecule has 0 atom stereocenters. The Morgan fingerprint density at radius 2 is 2.16 bits per heavy atom. The van der Waals surface area contributed by atoms with Gasteiger partial charge in [0.2, 0.25) is 5.95 Å². The third-order valence-corrected chi connectivity index (χ3v) is 4.19. The van der Waals surface area contributed by atoms with E-state index in [9.17, 15) is 4.79 Å². The van der Waals surface area contributed by atoms with Gasteiger partial charge in [0.1, 0.15) is 11.5 Å². The summed E-state index contributed by atoms with van der Waals surface area (Å²) in [5, 5.41) is 3.32. The van der Waals surface area contributed by atoms with Crippen LogP contribution in [0.4, 0.5) is 11.8 Å². The van der Waals surface area contributed by atoms with Gasteiger partial charge < -0.3 is 16.0 Å². The lowest BCUT2D eigenvalue weighted by Crippen LogP contribution is -2.37. The molecule has 8 nitrogen and oxygen atoms in total. The molecule has 0 unspecified atom stereocenters. The number of hydrogen-bond acceptors (Lipinski definition) is 7. The molecule has 3 N–H and O–H groups in total. The molecule has 3 heterocycles. The zero-order chi connectivity index (χ0) is 17.8. The van der Waals surface area contributed by atoms with Crippen LogP contribution in [0.1, 0.15) is 47.2 Å². The lowest BCUT2D eigenvalue weighted by Gasteiger charge is -2.29. The van der Waals surface area contributed by atoms with Gasteiger partial charge in [0.15, 0.2) is 0 Å². The minimum atomic E-state index is -0.130. The highest BCUT2D eigenvalue weighted by Gasteiger charge is 2.26. The number of nitrogen functional groups attached to an aromatic ring is 1. The summed E-state index contributed by atoms with van der Waals surface area (Å²) < 4.78 is 0. The predicted octanol–water partition coefficient (Wildman–Crippen LogP) is 1.57. The number of hydrogen-bond donors (Lipinski definition) is 2. The molecular weight excluding hydrogens is 318 g/mol. The SMILES string of the molecule is CCCCNc1nc(N)nc2c1CN(C(=O)c1cnc(C)cn1)CC2. The monoisotopic (exact) mass is 341 g/mol. The van der Waals surface area contributed by atoms with E-state index in [1.165, 1.54) is 6.20 Å². The number of amides is 1. The molecule has 0 saturated heterocycles. The van der Waals surface area contributed by atoms with Gasteiger partial charge in [-0.25, -0.2) is 9.97 Å². The van der Waals surface area contributed by atoms with Crippen LogP contribution >= 0.6 is 0 Å². The van der Waals surface area contributed by atoms with Crippen LogP contribution in [0.15, 0.2) is 12.4 Å². The summed E-state index contributed by atoms with van der Waals surface area (Å²) in [6.45, 7) is 5.81.